The van der Waals surface area contributed by atoms with Crippen molar-refractivity contribution in [2.24, 2.45) is 0 Å². The van der Waals surface area contributed by atoms with E-state index in [1.807, 2.05) is 17.0 Å². The average molecular weight is 315 g/mol. The van der Waals surface area contributed by atoms with E-state index in [9.17, 15) is 4.79 Å². The molecular formula is C16H17N3O2S. The van der Waals surface area contributed by atoms with Gasteiger partial charge in [0, 0.05) is 18.4 Å². The van der Waals surface area contributed by atoms with Crippen molar-refractivity contribution in [2.45, 2.75) is 42.4 Å². The second-order valence-electron chi connectivity index (χ2n) is 5.78. The molecule has 1 amide bonds. The molecule has 0 N–H and O–H groups in total. The smallest absolute Gasteiger partial charge is 0.237 e. The molecule has 0 radical (unpaired) electrons. The number of aryl methyl sites for hydroxylation is 1. The van der Waals surface area contributed by atoms with Gasteiger partial charge < -0.3 is 9.42 Å². The summed E-state index contributed by atoms with van der Waals surface area (Å²) < 4.78 is 5.08. The molecule has 3 heterocycles. The third-order valence-electron chi connectivity index (χ3n) is 4.30. The van der Waals surface area contributed by atoms with E-state index < -0.39 is 0 Å². The number of amides is 1. The van der Waals surface area contributed by atoms with E-state index >= 15 is 0 Å². The number of benzene rings is 1. The Balaban J connectivity index is 1.53. The molecule has 1 aromatic heterocycles. The third-order valence-corrected chi connectivity index (χ3v) is 5.60. The van der Waals surface area contributed by atoms with Crippen LogP contribution in [0.25, 0.3) is 0 Å². The van der Waals surface area contributed by atoms with Crippen molar-refractivity contribution >= 4 is 17.7 Å². The van der Waals surface area contributed by atoms with E-state index in [1.54, 1.807) is 18.7 Å². The summed E-state index contributed by atoms with van der Waals surface area (Å²) in [6.07, 6.45) is 2.72. The summed E-state index contributed by atoms with van der Waals surface area (Å²) in [5, 5.41) is 3.99. The number of carbonyl (C=O) groups excluding carboxylic acids is 1. The summed E-state index contributed by atoms with van der Waals surface area (Å²) in [6, 6.07) is 8.23. The number of carbonyl (C=O) groups is 1. The largest absolute Gasteiger partial charge is 0.340 e. The zero-order valence-corrected chi connectivity index (χ0v) is 13.2. The summed E-state index contributed by atoms with van der Waals surface area (Å²) >= 11 is 1.68. The fourth-order valence-electron chi connectivity index (χ4n) is 3.25. The van der Waals surface area contributed by atoms with Crippen LogP contribution in [0.4, 0.5) is 0 Å². The summed E-state index contributed by atoms with van der Waals surface area (Å²) in [5.41, 5.74) is 1.28. The molecule has 5 nitrogen and oxygen atoms in total. The molecule has 2 atom stereocenters. The van der Waals surface area contributed by atoms with Crippen LogP contribution in [0.5, 0.6) is 0 Å². The molecule has 0 saturated carbocycles. The Kier molecular flexibility index (Phi) is 3.41. The van der Waals surface area contributed by atoms with Crippen molar-refractivity contribution in [1.82, 2.24) is 15.0 Å². The van der Waals surface area contributed by atoms with Crippen LogP contribution >= 0.6 is 11.8 Å². The highest BCUT2D eigenvalue weighted by molar-refractivity contribution is 8.01. The lowest BCUT2D eigenvalue weighted by Gasteiger charge is -2.24. The number of hydrogen-bond acceptors (Lipinski definition) is 5. The van der Waals surface area contributed by atoms with Crippen LogP contribution in [0.15, 0.2) is 33.7 Å². The van der Waals surface area contributed by atoms with Gasteiger partial charge >= 0.3 is 0 Å². The molecule has 6 heteroatoms. The number of nitrogens with zero attached hydrogens (tertiary/aromatic N) is 3. The number of likely N-dealkylation sites (tertiary alicyclic amines) is 1. The summed E-state index contributed by atoms with van der Waals surface area (Å²) in [7, 11) is 0. The molecule has 2 aliphatic rings. The molecule has 0 aliphatic carbocycles. The second-order valence-corrected chi connectivity index (χ2v) is 7.02. The molecule has 1 saturated heterocycles. The van der Waals surface area contributed by atoms with Gasteiger partial charge in [0.05, 0.1) is 11.3 Å². The minimum absolute atomic E-state index is 0.0222. The minimum atomic E-state index is -0.0331. The Bertz CT molecular complexity index is 690. The standard InChI is InChI=1S/C16H17N3O2S/c1-10-17-15(18-21-10)12-6-4-8-19(12)16(20)14-9-11-5-2-3-7-13(11)22-14/h2-3,5,7,12,14H,4,6,8-9H2,1H3/t12-,14-/m1/s1. The van der Waals surface area contributed by atoms with Crippen molar-refractivity contribution in [2.75, 3.05) is 6.54 Å². The number of hydrogen-bond donors (Lipinski definition) is 0. The van der Waals surface area contributed by atoms with E-state index in [0.29, 0.717) is 11.7 Å². The SMILES string of the molecule is Cc1nc([C@H]2CCCN2C(=O)[C@H]2Cc3ccccc3S2)no1. The van der Waals surface area contributed by atoms with Gasteiger partial charge in [-0.05, 0) is 30.9 Å². The van der Waals surface area contributed by atoms with Crippen molar-refractivity contribution in [1.29, 1.82) is 0 Å². The van der Waals surface area contributed by atoms with Crippen molar-refractivity contribution in [3.05, 3.63) is 41.5 Å². The second kappa shape index (κ2) is 5.43. The molecular weight excluding hydrogens is 298 g/mol. The van der Waals surface area contributed by atoms with E-state index in [4.69, 9.17) is 4.52 Å². The predicted molar refractivity (Wildman–Crippen MR) is 82.5 cm³/mol. The lowest BCUT2D eigenvalue weighted by molar-refractivity contribution is -0.131. The fourth-order valence-corrected chi connectivity index (χ4v) is 4.52. The Hall–Kier alpha value is -1.82. The quantitative estimate of drug-likeness (QED) is 0.853. The third kappa shape index (κ3) is 2.31. The van der Waals surface area contributed by atoms with Crippen molar-refractivity contribution < 1.29 is 9.32 Å². The van der Waals surface area contributed by atoms with Gasteiger partial charge in [0.1, 0.15) is 0 Å². The number of rotatable bonds is 2. The van der Waals surface area contributed by atoms with Gasteiger partial charge in [0.25, 0.3) is 0 Å². The molecule has 0 bridgehead atoms. The number of fused-ring (bicyclic) bond motifs is 1. The van der Waals surface area contributed by atoms with Crippen molar-refractivity contribution in [3.8, 4) is 0 Å². The molecule has 4 rings (SSSR count). The number of thioether (sulfide) groups is 1. The van der Waals surface area contributed by atoms with Crippen LogP contribution in [-0.4, -0.2) is 32.7 Å². The molecule has 2 aliphatic heterocycles. The fraction of sp³-hybridized carbons (Fsp3) is 0.438. The Morgan fingerprint density at radius 1 is 1.41 bits per heavy atom. The van der Waals surface area contributed by atoms with Gasteiger partial charge in [-0.3, -0.25) is 4.79 Å². The zero-order valence-electron chi connectivity index (χ0n) is 12.4. The molecule has 1 fully saturated rings. The van der Waals surface area contributed by atoms with E-state index in [2.05, 4.69) is 22.3 Å². The maximum absolute atomic E-state index is 12.9. The van der Waals surface area contributed by atoms with Gasteiger partial charge in [-0.1, -0.05) is 23.4 Å². The maximum Gasteiger partial charge on any atom is 0.237 e. The molecule has 114 valence electrons. The first-order valence-corrected chi connectivity index (χ1v) is 8.45. The van der Waals surface area contributed by atoms with Gasteiger partial charge in [-0.15, -0.1) is 11.8 Å². The van der Waals surface area contributed by atoms with Gasteiger partial charge in [0.15, 0.2) is 5.82 Å². The first kappa shape index (κ1) is 13.8. The summed E-state index contributed by atoms with van der Waals surface area (Å²) in [4.78, 5) is 20.4. The normalized spacial score (nSPS) is 23.8. The van der Waals surface area contributed by atoms with Crippen LogP contribution in [0, 0.1) is 6.92 Å². The highest BCUT2D eigenvalue weighted by Gasteiger charge is 2.38. The van der Waals surface area contributed by atoms with E-state index in [1.165, 1.54) is 10.5 Å². The first-order valence-electron chi connectivity index (χ1n) is 7.57. The van der Waals surface area contributed by atoms with Gasteiger partial charge in [-0.25, -0.2) is 0 Å². The maximum atomic E-state index is 12.9. The lowest BCUT2D eigenvalue weighted by atomic mass is 10.1. The van der Waals surface area contributed by atoms with E-state index in [0.717, 1.165) is 25.8 Å². The Morgan fingerprint density at radius 2 is 2.27 bits per heavy atom. The Morgan fingerprint density at radius 3 is 3.05 bits per heavy atom. The van der Waals surface area contributed by atoms with Crippen LogP contribution in [0.1, 0.15) is 36.2 Å². The summed E-state index contributed by atoms with van der Waals surface area (Å²) in [5.74, 6) is 1.40. The monoisotopic (exact) mass is 315 g/mol. The van der Waals surface area contributed by atoms with Crippen LogP contribution < -0.4 is 0 Å². The molecule has 0 spiro atoms. The minimum Gasteiger partial charge on any atom is -0.340 e. The summed E-state index contributed by atoms with van der Waals surface area (Å²) in [6.45, 7) is 2.56. The Labute approximate surface area is 133 Å². The van der Waals surface area contributed by atoms with Crippen LogP contribution in [0.3, 0.4) is 0 Å². The topological polar surface area (TPSA) is 59.2 Å². The zero-order chi connectivity index (χ0) is 15.1. The predicted octanol–water partition coefficient (Wildman–Crippen LogP) is 2.76. The molecule has 22 heavy (non-hydrogen) atoms. The highest BCUT2D eigenvalue weighted by Crippen LogP contribution is 2.40. The van der Waals surface area contributed by atoms with Gasteiger partial charge in [0.2, 0.25) is 11.8 Å². The average Bonchev–Trinajstić information content (AvgIpc) is 3.24. The van der Waals surface area contributed by atoms with E-state index in [-0.39, 0.29) is 17.2 Å². The molecule has 1 aromatic carbocycles. The first-order chi connectivity index (χ1) is 10.7. The van der Waals surface area contributed by atoms with Crippen LogP contribution in [0.2, 0.25) is 0 Å². The van der Waals surface area contributed by atoms with Gasteiger partial charge in [-0.2, -0.15) is 4.98 Å². The van der Waals surface area contributed by atoms with Crippen LogP contribution in [-0.2, 0) is 11.2 Å². The van der Waals surface area contributed by atoms with Crippen molar-refractivity contribution in [3.63, 3.8) is 0 Å². The highest BCUT2D eigenvalue weighted by atomic mass is 32.2. The lowest BCUT2D eigenvalue weighted by Crippen LogP contribution is -2.37. The number of aromatic nitrogens is 2. The molecule has 0 unspecified atom stereocenters. The molecule has 2 aromatic rings.